The lowest BCUT2D eigenvalue weighted by atomic mass is 9.95. The van der Waals surface area contributed by atoms with Crippen molar-refractivity contribution >= 4 is 11.4 Å². The first kappa shape index (κ1) is 15.5. The second-order valence-corrected chi connectivity index (χ2v) is 5.08. The monoisotopic (exact) mass is 291 g/mol. The first-order chi connectivity index (χ1) is 10.1. The number of hydrogen-bond acceptors (Lipinski definition) is 5. The van der Waals surface area contributed by atoms with Crippen molar-refractivity contribution in [3.05, 3.63) is 29.3 Å². The van der Waals surface area contributed by atoms with Crippen molar-refractivity contribution in [2.45, 2.75) is 6.42 Å². The highest BCUT2D eigenvalue weighted by atomic mass is 16.5. The molecule has 1 aromatic rings. The van der Waals surface area contributed by atoms with Gasteiger partial charge in [0, 0.05) is 24.7 Å². The number of rotatable bonds is 5. The molecule has 1 aromatic carbocycles. The average molecular weight is 291 g/mol. The Hall–Kier alpha value is -1.85. The Morgan fingerprint density at radius 1 is 1.29 bits per heavy atom. The van der Waals surface area contributed by atoms with E-state index in [0.29, 0.717) is 17.1 Å². The van der Waals surface area contributed by atoms with E-state index < -0.39 is 6.61 Å². The number of carbonyl (C=O) groups excluding carboxylic acids is 1. The molecule has 5 heteroatoms. The molecule has 0 aromatic heterocycles. The summed E-state index contributed by atoms with van der Waals surface area (Å²) < 4.78 is 10.7. The predicted molar refractivity (Wildman–Crippen MR) is 81.1 cm³/mol. The fourth-order valence-corrected chi connectivity index (χ4v) is 2.47. The molecule has 0 amide bonds. The number of ether oxygens (including phenoxy) is 2. The number of nitrogens with zero attached hydrogens (tertiary/aromatic N) is 1. The Morgan fingerprint density at radius 3 is 2.52 bits per heavy atom. The number of benzene rings is 1. The minimum Gasteiger partial charge on any atom is -0.496 e. The minimum absolute atomic E-state index is 0.357. The molecule has 5 nitrogen and oxygen atoms in total. The van der Waals surface area contributed by atoms with Gasteiger partial charge in [-0.05, 0) is 25.1 Å². The van der Waals surface area contributed by atoms with Crippen molar-refractivity contribution in [1.29, 1.82) is 0 Å². The van der Waals surface area contributed by atoms with E-state index in [4.69, 9.17) is 14.6 Å². The molecule has 2 rings (SSSR count). The standard InChI is InChI=1S/C16H21NO4/c1-17-6-4-11(5-7-17)12-8-13(14(19)10-18)16(21-3)9-15(12)20-2/h4,8-9,18H,5-7,10H2,1-3H3. The van der Waals surface area contributed by atoms with Gasteiger partial charge in [-0.3, -0.25) is 4.79 Å². The van der Waals surface area contributed by atoms with Crippen molar-refractivity contribution in [3.8, 4) is 11.5 Å². The van der Waals surface area contributed by atoms with Gasteiger partial charge in [-0.15, -0.1) is 0 Å². The van der Waals surface area contributed by atoms with Crippen molar-refractivity contribution in [2.75, 3.05) is 41.0 Å². The van der Waals surface area contributed by atoms with Crippen LogP contribution in [0.15, 0.2) is 18.2 Å². The van der Waals surface area contributed by atoms with E-state index in [1.807, 2.05) is 0 Å². The third kappa shape index (κ3) is 3.25. The van der Waals surface area contributed by atoms with Crippen LogP contribution in [0.4, 0.5) is 0 Å². The van der Waals surface area contributed by atoms with Crippen LogP contribution in [0.2, 0.25) is 0 Å². The van der Waals surface area contributed by atoms with Gasteiger partial charge >= 0.3 is 0 Å². The molecule has 0 aliphatic carbocycles. The molecule has 0 radical (unpaired) electrons. The summed E-state index contributed by atoms with van der Waals surface area (Å²) in [5, 5.41) is 9.11. The Labute approximate surface area is 124 Å². The van der Waals surface area contributed by atoms with Gasteiger partial charge < -0.3 is 19.5 Å². The summed E-state index contributed by atoms with van der Waals surface area (Å²) in [6.07, 6.45) is 3.03. The van der Waals surface area contributed by atoms with Gasteiger partial charge in [0.15, 0.2) is 5.78 Å². The highest BCUT2D eigenvalue weighted by molar-refractivity contribution is 6.00. The Bertz CT molecular complexity index is 566. The van der Waals surface area contributed by atoms with Crippen LogP contribution in [0.25, 0.3) is 5.57 Å². The smallest absolute Gasteiger partial charge is 0.191 e. The summed E-state index contributed by atoms with van der Waals surface area (Å²) in [7, 11) is 5.16. The summed E-state index contributed by atoms with van der Waals surface area (Å²) in [6.45, 7) is 1.29. The average Bonchev–Trinajstić information content (AvgIpc) is 2.53. The lowest BCUT2D eigenvalue weighted by molar-refractivity contribution is 0.0900. The highest BCUT2D eigenvalue weighted by Gasteiger charge is 2.20. The molecule has 1 aliphatic heterocycles. The van der Waals surface area contributed by atoms with Crippen molar-refractivity contribution < 1.29 is 19.4 Å². The SMILES string of the molecule is COc1cc(OC)c(C2=CCN(C)CC2)cc1C(=O)CO. The molecular weight excluding hydrogens is 270 g/mol. The maximum absolute atomic E-state index is 11.9. The molecular formula is C16H21NO4. The number of likely N-dealkylation sites (N-methyl/N-ethyl adjacent to an activating group) is 1. The Kier molecular flexibility index (Phi) is 4.98. The van der Waals surface area contributed by atoms with Gasteiger partial charge in [0.25, 0.3) is 0 Å². The van der Waals surface area contributed by atoms with Crippen LogP contribution in [0.1, 0.15) is 22.3 Å². The molecule has 114 valence electrons. The Balaban J connectivity index is 2.51. The van der Waals surface area contributed by atoms with E-state index in [-0.39, 0.29) is 5.78 Å². The first-order valence-electron chi connectivity index (χ1n) is 6.88. The van der Waals surface area contributed by atoms with Gasteiger partial charge in [-0.25, -0.2) is 0 Å². The maximum atomic E-state index is 11.9. The molecule has 0 bridgehead atoms. The van der Waals surface area contributed by atoms with Gasteiger partial charge in [-0.1, -0.05) is 6.08 Å². The van der Waals surface area contributed by atoms with Gasteiger partial charge in [0.05, 0.1) is 19.8 Å². The molecule has 1 aliphatic rings. The van der Waals surface area contributed by atoms with E-state index in [1.54, 1.807) is 19.2 Å². The van der Waals surface area contributed by atoms with Crippen LogP contribution in [0.5, 0.6) is 11.5 Å². The number of methoxy groups -OCH3 is 2. The van der Waals surface area contributed by atoms with Crippen molar-refractivity contribution in [1.82, 2.24) is 4.90 Å². The largest absolute Gasteiger partial charge is 0.496 e. The topological polar surface area (TPSA) is 59.0 Å². The Morgan fingerprint density at radius 2 is 2.00 bits per heavy atom. The van der Waals surface area contributed by atoms with Crippen LogP contribution in [0.3, 0.4) is 0 Å². The second kappa shape index (κ2) is 6.74. The summed E-state index contributed by atoms with van der Waals surface area (Å²) in [6, 6.07) is 3.46. The van der Waals surface area contributed by atoms with Crippen LogP contribution >= 0.6 is 0 Å². The number of carbonyl (C=O) groups is 1. The molecule has 0 unspecified atom stereocenters. The quantitative estimate of drug-likeness (QED) is 0.835. The number of Topliss-reactive ketones (excluding diaryl/α,β-unsaturated/α-hetero) is 1. The minimum atomic E-state index is -0.538. The van der Waals surface area contributed by atoms with Gasteiger partial charge in [0.1, 0.15) is 18.1 Å². The van der Waals surface area contributed by atoms with Crippen molar-refractivity contribution in [2.24, 2.45) is 0 Å². The van der Waals surface area contributed by atoms with Crippen LogP contribution in [-0.2, 0) is 0 Å². The van der Waals surface area contributed by atoms with E-state index in [1.165, 1.54) is 7.11 Å². The highest BCUT2D eigenvalue weighted by Crippen LogP contribution is 2.35. The number of ketones is 1. The first-order valence-corrected chi connectivity index (χ1v) is 6.88. The molecule has 1 heterocycles. The molecule has 0 fully saturated rings. The van der Waals surface area contributed by atoms with E-state index >= 15 is 0 Å². The molecule has 1 N–H and O–H groups in total. The summed E-state index contributed by atoms with van der Waals surface area (Å²) in [5.74, 6) is 0.740. The molecule has 21 heavy (non-hydrogen) atoms. The zero-order chi connectivity index (χ0) is 15.4. The van der Waals surface area contributed by atoms with E-state index in [0.717, 1.165) is 30.6 Å². The molecule has 0 saturated carbocycles. The van der Waals surface area contributed by atoms with Crippen LogP contribution < -0.4 is 9.47 Å². The second-order valence-electron chi connectivity index (χ2n) is 5.08. The fourth-order valence-electron chi connectivity index (χ4n) is 2.47. The third-order valence-electron chi connectivity index (χ3n) is 3.72. The summed E-state index contributed by atoms with van der Waals surface area (Å²) >= 11 is 0. The third-order valence-corrected chi connectivity index (χ3v) is 3.72. The number of aliphatic hydroxyl groups excluding tert-OH is 1. The maximum Gasteiger partial charge on any atom is 0.191 e. The summed E-state index contributed by atoms with van der Waals surface area (Å²) in [5.41, 5.74) is 2.43. The normalized spacial score (nSPS) is 15.5. The summed E-state index contributed by atoms with van der Waals surface area (Å²) in [4.78, 5) is 14.1. The lowest BCUT2D eigenvalue weighted by Crippen LogP contribution is -2.23. The van der Waals surface area contributed by atoms with E-state index in [9.17, 15) is 4.79 Å². The predicted octanol–water partition coefficient (Wildman–Crippen LogP) is 1.60. The number of hydrogen-bond donors (Lipinski definition) is 1. The zero-order valence-corrected chi connectivity index (χ0v) is 12.7. The van der Waals surface area contributed by atoms with Crippen LogP contribution in [0, 0.1) is 0 Å². The molecule has 0 spiro atoms. The van der Waals surface area contributed by atoms with Crippen LogP contribution in [-0.4, -0.2) is 56.8 Å². The number of aliphatic hydroxyl groups is 1. The van der Waals surface area contributed by atoms with Gasteiger partial charge in [-0.2, -0.15) is 0 Å². The zero-order valence-electron chi connectivity index (χ0n) is 12.7. The van der Waals surface area contributed by atoms with E-state index in [2.05, 4.69) is 18.0 Å². The van der Waals surface area contributed by atoms with Crippen molar-refractivity contribution in [3.63, 3.8) is 0 Å². The lowest BCUT2D eigenvalue weighted by Gasteiger charge is -2.23. The molecule has 0 atom stereocenters. The fraction of sp³-hybridized carbons (Fsp3) is 0.438. The van der Waals surface area contributed by atoms with Gasteiger partial charge in [0.2, 0.25) is 0 Å². The molecule has 0 saturated heterocycles.